The molecule has 88 valence electrons. The first kappa shape index (κ1) is 11.7. The molecule has 1 aliphatic rings. The maximum absolute atomic E-state index is 2.44. The van der Waals surface area contributed by atoms with E-state index in [0.29, 0.717) is 22.7 Å². The summed E-state index contributed by atoms with van der Waals surface area (Å²) in [5.74, 6) is 1.38. The number of hydrogen-bond acceptors (Lipinski definition) is 0. The van der Waals surface area contributed by atoms with Gasteiger partial charge in [-0.1, -0.05) is 65.8 Å². The summed E-state index contributed by atoms with van der Waals surface area (Å²) in [7, 11) is 0. The standard InChI is InChI=1S/C16H24/c1-11(2)15(5)13-9-7-8-10-14(13)16(15,6)12(3)4/h7-12H,1-6H3/t15-,16+. The van der Waals surface area contributed by atoms with Gasteiger partial charge in [-0.05, 0) is 23.0 Å². The summed E-state index contributed by atoms with van der Waals surface area (Å²) < 4.78 is 0. The summed E-state index contributed by atoms with van der Waals surface area (Å²) in [5, 5.41) is 0. The average Bonchev–Trinajstić information content (AvgIpc) is 2.26. The van der Waals surface area contributed by atoms with Gasteiger partial charge in [0.15, 0.2) is 0 Å². The zero-order chi connectivity index (χ0) is 12.1. The Kier molecular flexibility index (Phi) is 2.45. The molecule has 0 saturated carbocycles. The van der Waals surface area contributed by atoms with E-state index in [1.807, 2.05) is 0 Å². The first-order valence-electron chi connectivity index (χ1n) is 6.46. The van der Waals surface area contributed by atoms with Crippen LogP contribution >= 0.6 is 0 Å². The molecule has 0 heterocycles. The van der Waals surface area contributed by atoms with Gasteiger partial charge in [0.2, 0.25) is 0 Å². The van der Waals surface area contributed by atoms with Crippen LogP contribution in [-0.2, 0) is 10.8 Å². The quantitative estimate of drug-likeness (QED) is 0.681. The van der Waals surface area contributed by atoms with Crippen molar-refractivity contribution in [3.05, 3.63) is 35.4 Å². The van der Waals surface area contributed by atoms with Gasteiger partial charge in [-0.25, -0.2) is 0 Å². The molecule has 1 aromatic rings. The Morgan fingerprint density at radius 3 is 1.31 bits per heavy atom. The van der Waals surface area contributed by atoms with Gasteiger partial charge in [-0.3, -0.25) is 0 Å². The third kappa shape index (κ3) is 1.06. The maximum atomic E-state index is 2.44. The van der Waals surface area contributed by atoms with Crippen molar-refractivity contribution in [2.45, 2.75) is 52.4 Å². The zero-order valence-electron chi connectivity index (χ0n) is 11.5. The SMILES string of the molecule is CC(C)[C@]1(C)c2ccccc2[C@]1(C)C(C)C. The molecular weight excluding hydrogens is 192 g/mol. The van der Waals surface area contributed by atoms with Gasteiger partial charge in [0, 0.05) is 10.8 Å². The summed E-state index contributed by atoms with van der Waals surface area (Å²) in [4.78, 5) is 0. The molecule has 0 radical (unpaired) electrons. The van der Waals surface area contributed by atoms with Crippen LogP contribution in [0.4, 0.5) is 0 Å². The number of hydrogen-bond donors (Lipinski definition) is 0. The Labute approximate surface area is 100 Å². The molecule has 0 fully saturated rings. The van der Waals surface area contributed by atoms with E-state index in [1.165, 1.54) is 0 Å². The van der Waals surface area contributed by atoms with E-state index in [2.05, 4.69) is 65.8 Å². The first-order chi connectivity index (χ1) is 7.36. The number of benzene rings is 1. The highest BCUT2D eigenvalue weighted by Crippen LogP contribution is 2.62. The monoisotopic (exact) mass is 216 g/mol. The van der Waals surface area contributed by atoms with Crippen LogP contribution in [0.15, 0.2) is 24.3 Å². The average molecular weight is 216 g/mol. The molecule has 0 amide bonds. The van der Waals surface area contributed by atoms with E-state index in [0.717, 1.165) is 0 Å². The van der Waals surface area contributed by atoms with Crippen LogP contribution in [0.3, 0.4) is 0 Å². The van der Waals surface area contributed by atoms with Crippen molar-refractivity contribution < 1.29 is 0 Å². The van der Waals surface area contributed by atoms with Crippen molar-refractivity contribution in [2.24, 2.45) is 11.8 Å². The predicted molar refractivity (Wildman–Crippen MR) is 70.8 cm³/mol. The fourth-order valence-electron chi connectivity index (χ4n) is 3.71. The topological polar surface area (TPSA) is 0 Å². The predicted octanol–water partition coefficient (Wildman–Crippen LogP) is 4.53. The van der Waals surface area contributed by atoms with Gasteiger partial charge in [0.1, 0.15) is 0 Å². The minimum atomic E-state index is 0.331. The van der Waals surface area contributed by atoms with Crippen LogP contribution in [0.25, 0.3) is 0 Å². The van der Waals surface area contributed by atoms with Crippen LogP contribution in [0.2, 0.25) is 0 Å². The van der Waals surface area contributed by atoms with Crippen LogP contribution < -0.4 is 0 Å². The third-order valence-corrected chi connectivity index (χ3v) is 5.43. The summed E-state index contributed by atoms with van der Waals surface area (Å²) in [6.45, 7) is 14.3. The van der Waals surface area contributed by atoms with Crippen LogP contribution in [0, 0.1) is 11.8 Å². The Bertz CT molecular complexity index is 363. The molecule has 0 nitrogen and oxygen atoms in total. The molecule has 2 atom stereocenters. The molecular formula is C16H24. The highest BCUT2D eigenvalue weighted by Gasteiger charge is 2.59. The Morgan fingerprint density at radius 2 is 1.06 bits per heavy atom. The molecule has 0 spiro atoms. The van der Waals surface area contributed by atoms with Crippen LogP contribution in [0.5, 0.6) is 0 Å². The Balaban J connectivity index is 2.64. The van der Waals surface area contributed by atoms with Crippen molar-refractivity contribution >= 4 is 0 Å². The fraction of sp³-hybridized carbons (Fsp3) is 0.625. The second kappa shape index (κ2) is 3.35. The van der Waals surface area contributed by atoms with E-state index >= 15 is 0 Å². The lowest BCUT2D eigenvalue weighted by atomic mass is 9.41. The maximum Gasteiger partial charge on any atom is 0.00473 e. The van der Waals surface area contributed by atoms with Crippen molar-refractivity contribution in [1.82, 2.24) is 0 Å². The molecule has 0 saturated heterocycles. The Hall–Kier alpha value is -0.780. The van der Waals surface area contributed by atoms with Crippen molar-refractivity contribution in [3.8, 4) is 0 Å². The zero-order valence-corrected chi connectivity index (χ0v) is 11.5. The second-order valence-corrected chi connectivity index (χ2v) is 6.26. The molecule has 1 aliphatic carbocycles. The van der Waals surface area contributed by atoms with E-state index in [4.69, 9.17) is 0 Å². The van der Waals surface area contributed by atoms with Crippen molar-refractivity contribution in [1.29, 1.82) is 0 Å². The van der Waals surface area contributed by atoms with E-state index < -0.39 is 0 Å². The number of rotatable bonds is 2. The summed E-state index contributed by atoms with van der Waals surface area (Å²) in [5.41, 5.74) is 3.80. The minimum absolute atomic E-state index is 0.331. The minimum Gasteiger partial charge on any atom is -0.0620 e. The highest BCUT2D eigenvalue weighted by molar-refractivity contribution is 5.54. The largest absolute Gasteiger partial charge is 0.0620 e. The van der Waals surface area contributed by atoms with E-state index in [-0.39, 0.29) is 0 Å². The Morgan fingerprint density at radius 1 is 0.750 bits per heavy atom. The van der Waals surface area contributed by atoms with Gasteiger partial charge in [-0.2, -0.15) is 0 Å². The van der Waals surface area contributed by atoms with E-state index in [1.54, 1.807) is 11.1 Å². The smallest absolute Gasteiger partial charge is 0.00473 e. The molecule has 1 aromatic carbocycles. The molecule has 0 N–H and O–H groups in total. The van der Waals surface area contributed by atoms with Crippen molar-refractivity contribution in [3.63, 3.8) is 0 Å². The summed E-state index contributed by atoms with van der Waals surface area (Å²) >= 11 is 0. The van der Waals surface area contributed by atoms with Crippen LogP contribution in [0.1, 0.15) is 52.7 Å². The van der Waals surface area contributed by atoms with Gasteiger partial charge in [-0.15, -0.1) is 0 Å². The van der Waals surface area contributed by atoms with Gasteiger partial charge in [0.05, 0.1) is 0 Å². The summed E-state index contributed by atoms with van der Waals surface area (Å²) in [6.07, 6.45) is 0. The first-order valence-corrected chi connectivity index (χ1v) is 6.46. The molecule has 0 unspecified atom stereocenters. The molecule has 2 rings (SSSR count). The van der Waals surface area contributed by atoms with Gasteiger partial charge in [0.25, 0.3) is 0 Å². The molecule has 0 aromatic heterocycles. The van der Waals surface area contributed by atoms with Crippen molar-refractivity contribution in [2.75, 3.05) is 0 Å². The highest BCUT2D eigenvalue weighted by atomic mass is 14.6. The normalized spacial score (nSPS) is 32.8. The lowest BCUT2D eigenvalue weighted by Gasteiger charge is -2.62. The van der Waals surface area contributed by atoms with Gasteiger partial charge >= 0.3 is 0 Å². The molecule has 0 heteroatoms. The number of fused-ring (bicyclic) bond motifs is 1. The fourth-order valence-corrected chi connectivity index (χ4v) is 3.71. The summed E-state index contributed by atoms with van der Waals surface area (Å²) in [6, 6.07) is 9.00. The molecule has 0 bridgehead atoms. The lowest BCUT2D eigenvalue weighted by molar-refractivity contribution is 0.0869. The third-order valence-electron chi connectivity index (χ3n) is 5.43. The van der Waals surface area contributed by atoms with E-state index in [9.17, 15) is 0 Å². The molecule has 16 heavy (non-hydrogen) atoms. The lowest BCUT2D eigenvalue weighted by Crippen LogP contribution is -2.60. The van der Waals surface area contributed by atoms with Crippen LogP contribution in [-0.4, -0.2) is 0 Å². The van der Waals surface area contributed by atoms with Gasteiger partial charge < -0.3 is 0 Å². The molecule has 0 aliphatic heterocycles. The second-order valence-electron chi connectivity index (χ2n) is 6.26.